The average Bonchev–Trinajstić information content (AvgIpc) is 2.71. The van der Waals surface area contributed by atoms with Gasteiger partial charge < -0.3 is 10.1 Å². The second-order valence-electron chi connectivity index (χ2n) is 7.07. The number of nitrogens with zero attached hydrogens (tertiary/aromatic N) is 1. The largest absolute Gasteiger partial charge is 0.489 e. The van der Waals surface area contributed by atoms with Crippen molar-refractivity contribution in [1.82, 2.24) is 9.62 Å². The van der Waals surface area contributed by atoms with Crippen LogP contribution < -0.4 is 10.1 Å². The van der Waals surface area contributed by atoms with Gasteiger partial charge in [0.25, 0.3) is 0 Å². The average molecular weight is 403 g/mol. The Kier molecular flexibility index (Phi) is 6.70. The van der Waals surface area contributed by atoms with Gasteiger partial charge in [-0.25, -0.2) is 12.7 Å². The van der Waals surface area contributed by atoms with E-state index in [9.17, 15) is 13.2 Å². The van der Waals surface area contributed by atoms with Gasteiger partial charge in [-0.2, -0.15) is 0 Å². The Bertz CT molecular complexity index is 874. The SMILES string of the molecule is CS(=O)(=O)N1CCC(C(=O)NCc2ccc(OCc3ccccc3)cc2)CC1. The molecule has 0 radical (unpaired) electrons. The van der Waals surface area contributed by atoms with Gasteiger partial charge in [-0.3, -0.25) is 4.79 Å². The van der Waals surface area contributed by atoms with Crippen LogP contribution >= 0.6 is 0 Å². The van der Waals surface area contributed by atoms with Crippen molar-refractivity contribution in [3.63, 3.8) is 0 Å². The standard InChI is InChI=1S/C21H26N2O4S/c1-28(25,26)23-13-11-19(12-14-23)21(24)22-15-17-7-9-20(10-8-17)27-16-18-5-3-2-4-6-18/h2-10,19H,11-16H2,1H3,(H,22,24). The maximum absolute atomic E-state index is 12.4. The monoisotopic (exact) mass is 402 g/mol. The van der Waals surface area contributed by atoms with E-state index in [1.54, 1.807) is 0 Å². The van der Waals surface area contributed by atoms with Gasteiger partial charge >= 0.3 is 0 Å². The van der Waals surface area contributed by atoms with Gasteiger partial charge in [0.15, 0.2) is 0 Å². The van der Waals surface area contributed by atoms with Gasteiger partial charge in [-0.05, 0) is 36.1 Å². The molecule has 2 aromatic carbocycles. The molecular formula is C21H26N2O4S. The summed E-state index contributed by atoms with van der Waals surface area (Å²) < 4.78 is 30.3. The van der Waals surface area contributed by atoms with E-state index in [-0.39, 0.29) is 11.8 Å². The van der Waals surface area contributed by atoms with Crippen LogP contribution in [0.1, 0.15) is 24.0 Å². The van der Waals surface area contributed by atoms with Crippen LogP contribution in [0.3, 0.4) is 0 Å². The van der Waals surface area contributed by atoms with Crippen molar-refractivity contribution < 1.29 is 17.9 Å². The quantitative estimate of drug-likeness (QED) is 0.772. The molecule has 28 heavy (non-hydrogen) atoms. The summed E-state index contributed by atoms with van der Waals surface area (Å²) >= 11 is 0. The molecule has 1 aliphatic rings. The number of piperidine rings is 1. The topological polar surface area (TPSA) is 75.7 Å². The number of carbonyl (C=O) groups excluding carboxylic acids is 1. The third kappa shape index (κ3) is 5.81. The van der Waals surface area contributed by atoms with Crippen molar-refractivity contribution in [3.8, 4) is 5.75 Å². The fourth-order valence-electron chi connectivity index (χ4n) is 3.23. The van der Waals surface area contributed by atoms with E-state index in [0.29, 0.717) is 39.1 Å². The Morgan fingerprint density at radius 3 is 2.29 bits per heavy atom. The minimum atomic E-state index is -3.17. The van der Waals surface area contributed by atoms with E-state index >= 15 is 0 Å². The normalized spacial score (nSPS) is 15.9. The second-order valence-corrected chi connectivity index (χ2v) is 9.05. The molecule has 7 heteroatoms. The first-order valence-corrected chi connectivity index (χ1v) is 11.2. The summed E-state index contributed by atoms with van der Waals surface area (Å²) in [6.07, 6.45) is 2.33. The van der Waals surface area contributed by atoms with Crippen molar-refractivity contribution in [2.45, 2.75) is 26.0 Å². The summed E-state index contributed by atoms with van der Waals surface area (Å²) in [6.45, 7) is 1.78. The lowest BCUT2D eigenvalue weighted by atomic mass is 9.97. The van der Waals surface area contributed by atoms with Gasteiger partial charge in [0.2, 0.25) is 15.9 Å². The van der Waals surface area contributed by atoms with Crippen LogP contribution in [0.4, 0.5) is 0 Å². The number of carbonyl (C=O) groups is 1. The van der Waals surface area contributed by atoms with Crippen LogP contribution in [-0.2, 0) is 28.0 Å². The summed E-state index contributed by atoms with van der Waals surface area (Å²) in [6, 6.07) is 17.6. The fraction of sp³-hybridized carbons (Fsp3) is 0.381. The molecule has 1 saturated heterocycles. The zero-order chi connectivity index (χ0) is 20.0. The molecule has 2 aromatic rings. The summed E-state index contributed by atoms with van der Waals surface area (Å²) in [7, 11) is -3.17. The molecule has 0 saturated carbocycles. The lowest BCUT2D eigenvalue weighted by Crippen LogP contribution is -2.42. The van der Waals surface area contributed by atoms with Crippen LogP contribution in [0.2, 0.25) is 0 Å². The molecule has 1 amide bonds. The first-order chi connectivity index (χ1) is 13.4. The predicted octanol–water partition coefficient (Wildman–Crippen LogP) is 2.55. The summed E-state index contributed by atoms with van der Waals surface area (Å²) in [5.74, 6) is 0.635. The Balaban J connectivity index is 1.43. The van der Waals surface area contributed by atoms with E-state index in [1.807, 2.05) is 54.6 Å². The first kappa shape index (κ1) is 20.4. The minimum absolute atomic E-state index is 0.0162. The zero-order valence-electron chi connectivity index (χ0n) is 16.0. The number of benzene rings is 2. The van der Waals surface area contributed by atoms with Crippen LogP contribution in [0.15, 0.2) is 54.6 Å². The Morgan fingerprint density at radius 1 is 1.04 bits per heavy atom. The van der Waals surface area contributed by atoms with Crippen molar-refractivity contribution in [1.29, 1.82) is 0 Å². The summed E-state index contributed by atoms with van der Waals surface area (Å²) in [5, 5.41) is 2.95. The van der Waals surface area contributed by atoms with Gasteiger partial charge in [-0.1, -0.05) is 42.5 Å². The van der Waals surface area contributed by atoms with Crippen molar-refractivity contribution in [3.05, 3.63) is 65.7 Å². The van der Waals surface area contributed by atoms with Crippen molar-refractivity contribution >= 4 is 15.9 Å². The summed E-state index contributed by atoms with van der Waals surface area (Å²) in [4.78, 5) is 12.4. The highest BCUT2D eigenvalue weighted by Gasteiger charge is 2.28. The lowest BCUT2D eigenvalue weighted by molar-refractivity contribution is -0.126. The second kappa shape index (κ2) is 9.21. The Hall–Kier alpha value is -2.38. The van der Waals surface area contributed by atoms with Gasteiger partial charge in [0.1, 0.15) is 12.4 Å². The smallest absolute Gasteiger partial charge is 0.223 e. The number of hydrogen-bond donors (Lipinski definition) is 1. The van der Waals surface area contributed by atoms with Crippen LogP contribution in [0, 0.1) is 5.92 Å². The summed E-state index contributed by atoms with van der Waals surface area (Å²) in [5.41, 5.74) is 2.11. The van der Waals surface area contributed by atoms with Gasteiger partial charge in [0, 0.05) is 25.6 Å². The molecule has 0 aliphatic carbocycles. The predicted molar refractivity (Wildman–Crippen MR) is 108 cm³/mol. The van der Waals surface area contributed by atoms with E-state index in [0.717, 1.165) is 16.9 Å². The number of sulfonamides is 1. The Morgan fingerprint density at radius 2 is 1.68 bits per heavy atom. The number of nitrogens with one attached hydrogen (secondary N) is 1. The molecule has 1 heterocycles. The molecule has 0 unspecified atom stereocenters. The molecule has 150 valence electrons. The van der Waals surface area contributed by atoms with Gasteiger partial charge in [-0.15, -0.1) is 0 Å². The van der Waals surface area contributed by atoms with E-state index in [2.05, 4.69) is 5.32 Å². The molecule has 1 N–H and O–H groups in total. The van der Waals surface area contributed by atoms with Crippen LogP contribution in [0.25, 0.3) is 0 Å². The number of hydrogen-bond acceptors (Lipinski definition) is 4. The highest BCUT2D eigenvalue weighted by molar-refractivity contribution is 7.88. The number of rotatable bonds is 7. The number of ether oxygens (including phenoxy) is 1. The van der Waals surface area contributed by atoms with Crippen LogP contribution in [0.5, 0.6) is 5.75 Å². The molecule has 0 aromatic heterocycles. The highest BCUT2D eigenvalue weighted by Crippen LogP contribution is 2.20. The molecular weight excluding hydrogens is 376 g/mol. The van der Waals surface area contributed by atoms with Crippen molar-refractivity contribution in [2.24, 2.45) is 5.92 Å². The van der Waals surface area contributed by atoms with E-state index in [4.69, 9.17) is 4.74 Å². The third-order valence-corrected chi connectivity index (χ3v) is 6.24. The Labute approximate surface area is 166 Å². The van der Waals surface area contributed by atoms with E-state index in [1.165, 1.54) is 10.6 Å². The first-order valence-electron chi connectivity index (χ1n) is 9.40. The fourth-order valence-corrected chi connectivity index (χ4v) is 4.10. The molecule has 0 bridgehead atoms. The third-order valence-electron chi connectivity index (χ3n) is 4.93. The molecule has 3 rings (SSSR count). The maximum atomic E-state index is 12.4. The lowest BCUT2D eigenvalue weighted by Gasteiger charge is -2.29. The highest BCUT2D eigenvalue weighted by atomic mass is 32.2. The van der Waals surface area contributed by atoms with Crippen molar-refractivity contribution in [2.75, 3.05) is 19.3 Å². The molecule has 0 spiro atoms. The van der Waals surface area contributed by atoms with E-state index < -0.39 is 10.0 Å². The van der Waals surface area contributed by atoms with Crippen LogP contribution in [-0.4, -0.2) is 38.0 Å². The molecule has 1 fully saturated rings. The molecule has 6 nitrogen and oxygen atoms in total. The molecule has 1 aliphatic heterocycles. The maximum Gasteiger partial charge on any atom is 0.223 e. The number of amides is 1. The van der Waals surface area contributed by atoms with Gasteiger partial charge in [0.05, 0.1) is 6.26 Å². The molecule has 0 atom stereocenters. The zero-order valence-corrected chi connectivity index (χ0v) is 16.8. The minimum Gasteiger partial charge on any atom is -0.489 e.